The van der Waals surface area contributed by atoms with Crippen molar-refractivity contribution in [2.45, 2.75) is 25.2 Å². The summed E-state index contributed by atoms with van der Waals surface area (Å²) < 4.78 is 0. The predicted octanol–water partition coefficient (Wildman–Crippen LogP) is 1.64. The van der Waals surface area contributed by atoms with E-state index < -0.39 is 5.97 Å². The number of amides is 1. The summed E-state index contributed by atoms with van der Waals surface area (Å²) in [5.41, 5.74) is 1.11. The van der Waals surface area contributed by atoms with E-state index in [-0.39, 0.29) is 18.4 Å². The van der Waals surface area contributed by atoms with E-state index in [1.807, 2.05) is 30.4 Å². The van der Waals surface area contributed by atoms with Crippen LogP contribution in [0.1, 0.15) is 29.2 Å². The van der Waals surface area contributed by atoms with Gasteiger partial charge in [0.15, 0.2) is 0 Å². The maximum atomic E-state index is 12.8. The topological polar surface area (TPSA) is 60.9 Å². The van der Waals surface area contributed by atoms with Crippen LogP contribution in [0.15, 0.2) is 11.4 Å². The van der Waals surface area contributed by atoms with E-state index in [9.17, 15) is 9.59 Å². The van der Waals surface area contributed by atoms with Gasteiger partial charge in [-0.1, -0.05) is 0 Å². The Morgan fingerprint density at radius 3 is 2.81 bits per heavy atom. The second-order valence-electron chi connectivity index (χ2n) is 5.70. The number of thiophene rings is 1. The van der Waals surface area contributed by atoms with Gasteiger partial charge in [0.05, 0.1) is 5.92 Å². The first kappa shape index (κ1) is 16.0. The standard InChI is InChI=1S/C15H22N2O3S/c1-16(2)7-8-17(10-14(18)19)15(20)12-4-3-5-13-11(12)6-9-21-13/h6,9,12H,3-5,7-8,10H2,1-2H3,(H,18,19). The summed E-state index contributed by atoms with van der Waals surface area (Å²) in [6.07, 6.45) is 2.85. The fourth-order valence-electron chi connectivity index (χ4n) is 2.71. The minimum atomic E-state index is -0.955. The van der Waals surface area contributed by atoms with Crippen molar-refractivity contribution in [3.05, 3.63) is 21.9 Å². The lowest BCUT2D eigenvalue weighted by atomic mass is 9.86. The Bertz CT molecular complexity index is 513. The molecular formula is C15H22N2O3S. The van der Waals surface area contributed by atoms with Crippen molar-refractivity contribution in [3.63, 3.8) is 0 Å². The van der Waals surface area contributed by atoms with Crippen LogP contribution in [-0.2, 0) is 16.0 Å². The largest absolute Gasteiger partial charge is 0.480 e. The zero-order valence-corrected chi connectivity index (χ0v) is 13.4. The molecule has 0 aromatic carbocycles. The van der Waals surface area contributed by atoms with Crippen LogP contribution in [0.3, 0.4) is 0 Å². The molecule has 1 aromatic heterocycles. The Morgan fingerprint density at radius 1 is 1.38 bits per heavy atom. The SMILES string of the molecule is CN(C)CCN(CC(=O)O)C(=O)C1CCCc2sccc21. The molecular weight excluding hydrogens is 288 g/mol. The Morgan fingerprint density at radius 2 is 2.14 bits per heavy atom. The molecule has 21 heavy (non-hydrogen) atoms. The van der Waals surface area contributed by atoms with Gasteiger partial charge in [-0.15, -0.1) is 11.3 Å². The van der Waals surface area contributed by atoms with Gasteiger partial charge in [-0.25, -0.2) is 0 Å². The number of aryl methyl sites for hydroxylation is 1. The van der Waals surface area contributed by atoms with Gasteiger partial charge in [-0.2, -0.15) is 0 Å². The average molecular weight is 310 g/mol. The smallest absolute Gasteiger partial charge is 0.323 e. The molecule has 1 aromatic rings. The van der Waals surface area contributed by atoms with Crippen LogP contribution in [0.4, 0.5) is 0 Å². The Hall–Kier alpha value is -1.40. The first-order valence-corrected chi connectivity index (χ1v) is 8.08. The normalized spacial score (nSPS) is 17.6. The molecule has 1 atom stereocenters. The summed E-state index contributed by atoms with van der Waals surface area (Å²) in [5, 5.41) is 11.1. The van der Waals surface area contributed by atoms with Crippen molar-refractivity contribution in [2.75, 3.05) is 33.7 Å². The highest BCUT2D eigenvalue weighted by molar-refractivity contribution is 7.10. The van der Waals surface area contributed by atoms with Gasteiger partial charge in [0.25, 0.3) is 0 Å². The number of carbonyl (C=O) groups excluding carboxylic acids is 1. The predicted molar refractivity (Wildman–Crippen MR) is 82.8 cm³/mol. The number of likely N-dealkylation sites (N-methyl/N-ethyl adjacent to an activating group) is 1. The molecule has 0 bridgehead atoms. The van der Waals surface area contributed by atoms with E-state index in [1.165, 1.54) is 9.78 Å². The van der Waals surface area contributed by atoms with Crippen LogP contribution in [-0.4, -0.2) is 60.5 Å². The number of carboxylic acid groups (broad SMARTS) is 1. The summed E-state index contributed by atoms with van der Waals surface area (Å²) in [6, 6.07) is 2.02. The Labute approximate surface area is 129 Å². The first-order chi connectivity index (χ1) is 9.99. The molecule has 1 aliphatic carbocycles. The van der Waals surface area contributed by atoms with Crippen LogP contribution in [0.25, 0.3) is 0 Å². The van der Waals surface area contributed by atoms with Crippen molar-refractivity contribution in [2.24, 2.45) is 0 Å². The lowest BCUT2D eigenvalue weighted by molar-refractivity contribution is -0.145. The number of hydrogen-bond acceptors (Lipinski definition) is 4. The molecule has 1 aliphatic rings. The molecule has 0 aliphatic heterocycles. The number of rotatable bonds is 6. The van der Waals surface area contributed by atoms with Crippen LogP contribution >= 0.6 is 11.3 Å². The first-order valence-electron chi connectivity index (χ1n) is 7.20. The molecule has 0 fully saturated rings. The number of hydrogen-bond donors (Lipinski definition) is 1. The number of aliphatic carboxylic acids is 1. The minimum Gasteiger partial charge on any atom is -0.480 e. The third-order valence-corrected chi connectivity index (χ3v) is 4.80. The van der Waals surface area contributed by atoms with Crippen molar-refractivity contribution in [1.82, 2.24) is 9.80 Å². The van der Waals surface area contributed by atoms with Gasteiger partial charge in [0.2, 0.25) is 5.91 Å². The molecule has 0 saturated heterocycles. The quantitative estimate of drug-likeness (QED) is 0.868. The summed E-state index contributed by atoms with van der Waals surface area (Å²) in [4.78, 5) is 28.5. The van der Waals surface area contributed by atoms with Crippen LogP contribution in [0.2, 0.25) is 0 Å². The maximum Gasteiger partial charge on any atom is 0.323 e. The molecule has 1 N–H and O–H groups in total. The van der Waals surface area contributed by atoms with Crippen LogP contribution < -0.4 is 0 Å². The van der Waals surface area contributed by atoms with E-state index in [0.717, 1.165) is 24.8 Å². The molecule has 1 amide bonds. The van der Waals surface area contributed by atoms with E-state index in [2.05, 4.69) is 0 Å². The third kappa shape index (κ3) is 4.04. The molecule has 0 radical (unpaired) electrons. The van der Waals surface area contributed by atoms with Gasteiger partial charge >= 0.3 is 5.97 Å². The lowest BCUT2D eigenvalue weighted by Crippen LogP contribution is -2.42. The van der Waals surface area contributed by atoms with Gasteiger partial charge in [0, 0.05) is 18.0 Å². The number of nitrogens with zero attached hydrogens (tertiary/aromatic N) is 2. The zero-order chi connectivity index (χ0) is 15.4. The molecule has 0 saturated carbocycles. The van der Waals surface area contributed by atoms with Crippen molar-refractivity contribution >= 4 is 23.2 Å². The number of carbonyl (C=O) groups is 2. The molecule has 1 unspecified atom stereocenters. The summed E-state index contributed by atoms with van der Waals surface area (Å²) in [7, 11) is 3.84. The average Bonchev–Trinajstić information content (AvgIpc) is 2.90. The third-order valence-electron chi connectivity index (χ3n) is 3.80. The van der Waals surface area contributed by atoms with Crippen LogP contribution in [0, 0.1) is 0 Å². The van der Waals surface area contributed by atoms with Crippen molar-refractivity contribution < 1.29 is 14.7 Å². The van der Waals surface area contributed by atoms with Gasteiger partial charge in [-0.05, 0) is 50.4 Å². The Kier molecular flexibility index (Phi) is 5.36. The molecule has 1 heterocycles. The van der Waals surface area contributed by atoms with E-state index in [0.29, 0.717) is 13.1 Å². The number of carboxylic acids is 1. The van der Waals surface area contributed by atoms with E-state index >= 15 is 0 Å². The fourth-order valence-corrected chi connectivity index (χ4v) is 3.70. The van der Waals surface area contributed by atoms with Crippen molar-refractivity contribution in [3.8, 4) is 0 Å². The van der Waals surface area contributed by atoms with Crippen LogP contribution in [0.5, 0.6) is 0 Å². The molecule has 5 nitrogen and oxygen atoms in total. The maximum absolute atomic E-state index is 12.8. The molecule has 2 rings (SSSR count). The van der Waals surface area contributed by atoms with Gasteiger partial charge < -0.3 is 14.9 Å². The summed E-state index contributed by atoms with van der Waals surface area (Å²) >= 11 is 1.70. The Balaban J connectivity index is 2.13. The fraction of sp³-hybridized carbons (Fsp3) is 0.600. The monoisotopic (exact) mass is 310 g/mol. The highest BCUT2D eigenvalue weighted by Crippen LogP contribution is 2.36. The number of fused-ring (bicyclic) bond motifs is 1. The van der Waals surface area contributed by atoms with Crippen molar-refractivity contribution in [1.29, 1.82) is 0 Å². The van der Waals surface area contributed by atoms with E-state index in [4.69, 9.17) is 5.11 Å². The second kappa shape index (κ2) is 7.04. The highest BCUT2D eigenvalue weighted by Gasteiger charge is 2.31. The highest BCUT2D eigenvalue weighted by atomic mass is 32.1. The molecule has 0 spiro atoms. The summed E-state index contributed by atoms with van der Waals surface area (Å²) in [6.45, 7) is 0.902. The second-order valence-corrected chi connectivity index (χ2v) is 6.70. The summed E-state index contributed by atoms with van der Waals surface area (Å²) in [5.74, 6) is -1.16. The minimum absolute atomic E-state index is 0.0430. The zero-order valence-electron chi connectivity index (χ0n) is 12.5. The molecule has 116 valence electrons. The lowest BCUT2D eigenvalue weighted by Gasteiger charge is -2.29. The van der Waals surface area contributed by atoms with Gasteiger partial charge in [-0.3, -0.25) is 9.59 Å². The molecule has 6 heteroatoms. The van der Waals surface area contributed by atoms with E-state index in [1.54, 1.807) is 11.3 Å². The van der Waals surface area contributed by atoms with Gasteiger partial charge in [0.1, 0.15) is 6.54 Å².